The van der Waals surface area contributed by atoms with E-state index in [0.717, 1.165) is 51.1 Å². The standard InChI is InChI=1S/C20H31FN4O2/c21-19-5-1-3-17(13-19)14-24-9-11-25(12-10-24)20(27)22-6-8-23-7-2-4-18(15-23)16-26/h1,3,5,13,18,26H,2,4,6-12,14-16H2,(H,22,27). The van der Waals surface area contributed by atoms with Crippen LogP contribution in [-0.4, -0.2) is 84.8 Å². The summed E-state index contributed by atoms with van der Waals surface area (Å²) in [6.45, 7) is 7.40. The van der Waals surface area contributed by atoms with E-state index >= 15 is 0 Å². The Bertz CT molecular complexity index is 607. The van der Waals surface area contributed by atoms with Crippen LogP contribution in [0.4, 0.5) is 9.18 Å². The number of rotatable bonds is 6. The minimum atomic E-state index is -0.204. The van der Waals surface area contributed by atoms with Crippen LogP contribution < -0.4 is 5.32 Å². The van der Waals surface area contributed by atoms with Crippen molar-refractivity contribution in [3.63, 3.8) is 0 Å². The fraction of sp³-hybridized carbons (Fsp3) is 0.650. The van der Waals surface area contributed by atoms with Gasteiger partial charge in [-0.2, -0.15) is 0 Å². The molecule has 7 heteroatoms. The molecule has 2 saturated heterocycles. The summed E-state index contributed by atoms with van der Waals surface area (Å²) in [6.07, 6.45) is 2.21. The van der Waals surface area contributed by atoms with Gasteiger partial charge in [0.2, 0.25) is 0 Å². The number of piperazine rings is 1. The summed E-state index contributed by atoms with van der Waals surface area (Å²) in [6, 6.07) is 6.70. The zero-order valence-electron chi connectivity index (χ0n) is 15.9. The predicted molar refractivity (Wildman–Crippen MR) is 103 cm³/mol. The summed E-state index contributed by atoms with van der Waals surface area (Å²) >= 11 is 0. The average Bonchev–Trinajstić information content (AvgIpc) is 2.69. The van der Waals surface area contributed by atoms with E-state index in [2.05, 4.69) is 15.1 Å². The van der Waals surface area contributed by atoms with Gasteiger partial charge in [0, 0.05) is 59.0 Å². The molecule has 1 aromatic rings. The van der Waals surface area contributed by atoms with Crippen LogP contribution in [0, 0.1) is 11.7 Å². The highest BCUT2D eigenvalue weighted by Gasteiger charge is 2.22. The normalized spacial score (nSPS) is 22.0. The Morgan fingerprint density at radius 3 is 2.74 bits per heavy atom. The van der Waals surface area contributed by atoms with Crippen molar-refractivity contribution < 1.29 is 14.3 Å². The summed E-state index contributed by atoms with van der Waals surface area (Å²) < 4.78 is 13.3. The van der Waals surface area contributed by atoms with Crippen LogP contribution in [-0.2, 0) is 6.54 Å². The predicted octanol–water partition coefficient (Wildman–Crippen LogP) is 1.36. The van der Waals surface area contributed by atoms with Crippen LogP contribution >= 0.6 is 0 Å². The number of nitrogens with zero attached hydrogens (tertiary/aromatic N) is 3. The van der Waals surface area contributed by atoms with Gasteiger partial charge in [-0.05, 0) is 43.0 Å². The van der Waals surface area contributed by atoms with E-state index in [4.69, 9.17) is 0 Å². The number of likely N-dealkylation sites (tertiary alicyclic amines) is 1. The van der Waals surface area contributed by atoms with Gasteiger partial charge in [0.05, 0.1) is 0 Å². The van der Waals surface area contributed by atoms with E-state index in [9.17, 15) is 14.3 Å². The third-order valence-corrected chi connectivity index (χ3v) is 5.52. The molecule has 6 nitrogen and oxygen atoms in total. The molecule has 2 aliphatic rings. The number of hydrogen-bond donors (Lipinski definition) is 2. The quantitative estimate of drug-likeness (QED) is 0.785. The highest BCUT2D eigenvalue weighted by atomic mass is 19.1. The van der Waals surface area contributed by atoms with Gasteiger partial charge in [0.15, 0.2) is 0 Å². The molecule has 3 rings (SSSR count). The van der Waals surface area contributed by atoms with Crippen LogP contribution in [0.5, 0.6) is 0 Å². The van der Waals surface area contributed by atoms with Gasteiger partial charge in [-0.15, -0.1) is 0 Å². The number of urea groups is 1. The lowest BCUT2D eigenvalue weighted by atomic mass is 9.99. The molecule has 0 aromatic heterocycles. The SMILES string of the molecule is O=C(NCCN1CCCC(CO)C1)N1CCN(Cc2cccc(F)c2)CC1. The second-order valence-corrected chi connectivity index (χ2v) is 7.62. The fourth-order valence-corrected chi connectivity index (χ4v) is 3.94. The van der Waals surface area contributed by atoms with E-state index in [1.807, 2.05) is 11.0 Å². The number of hydrogen-bond acceptors (Lipinski definition) is 4. The van der Waals surface area contributed by atoms with Crippen LogP contribution in [0.3, 0.4) is 0 Å². The highest BCUT2D eigenvalue weighted by molar-refractivity contribution is 5.74. The minimum Gasteiger partial charge on any atom is -0.396 e. The van der Waals surface area contributed by atoms with E-state index in [0.29, 0.717) is 32.1 Å². The van der Waals surface area contributed by atoms with Crippen molar-refractivity contribution in [2.75, 3.05) is 59.0 Å². The number of carbonyl (C=O) groups is 1. The van der Waals surface area contributed by atoms with Gasteiger partial charge in [-0.1, -0.05) is 12.1 Å². The van der Waals surface area contributed by atoms with Crippen LogP contribution in [0.25, 0.3) is 0 Å². The largest absolute Gasteiger partial charge is 0.396 e. The third kappa shape index (κ3) is 6.16. The number of carbonyl (C=O) groups excluding carboxylic acids is 1. The Balaban J connectivity index is 1.33. The molecule has 1 atom stereocenters. The Morgan fingerprint density at radius 1 is 1.19 bits per heavy atom. The average molecular weight is 378 g/mol. The second-order valence-electron chi connectivity index (χ2n) is 7.62. The van der Waals surface area contributed by atoms with Gasteiger partial charge in [0.25, 0.3) is 0 Å². The zero-order valence-corrected chi connectivity index (χ0v) is 15.9. The van der Waals surface area contributed by atoms with Crippen molar-refractivity contribution in [2.24, 2.45) is 5.92 Å². The highest BCUT2D eigenvalue weighted by Crippen LogP contribution is 2.15. The number of aliphatic hydroxyl groups is 1. The first-order chi connectivity index (χ1) is 13.1. The molecule has 0 spiro atoms. The Morgan fingerprint density at radius 2 is 2.00 bits per heavy atom. The van der Waals surface area contributed by atoms with Crippen LogP contribution in [0.1, 0.15) is 18.4 Å². The Kier molecular flexibility index (Phi) is 7.43. The summed E-state index contributed by atoms with van der Waals surface area (Å²) in [5, 5.41) is 12.3. The van der Waals surface area contributed by atoms with Crippen molar-refractivity contribution in [3.8, 4) is 0 Å². The molecule has 2 fully saturated rings. The molecule has 0 saturated carbocycles. The minimum absolute atomic E-state index is 0.00359. The van der Waals surface area contributed by atoms with E-state index in [1.165, 1.54) is 6.07 Å². The van der Waals surface area contributed by atoms with E-state index in [-0.39, 0.29) is 18.5 Å². The first-order valence-corrected chi connectivity index (χ1v) is 9.97. The topological polar surface area (TPSA) is 59.1 Å². The van der Waals surface area contributed by atoms with Crippen molar-refractivity contribution in [2.45, 2.75) is 19.4 Å². The molecular formula is C20H31FN4O2. The molecular weight excluding hydrogens is 347 g/mol. The molecule has 2 aliphatic heterocycles. The Labute approximate surface area is 160 Å². The molecule has 1 aromatic carbocycles. The molecule has 150 valence electrons. The maximum atomic E-state index is 13.3. The molecule has 0 aliphatic carbocycles. The number of nitrogens with one attached hydrogen (secondary N) is 1. The molecule has 2 N–H and O–H groups in total. The molecule has 2 heterocycles. The lowest BCUT2D eigenvalue weighted by molar-refractivity contribution is 0.117. The first-order valence-electron chi connectivity index (χ1n) is 9.97. The number of amides is 2. The zero-order chi connectivity index (χ0) is 19.1. The van der Waals surface area contributed by atoms with E-state index in [1.54, 1.807) is 12.1 Å². The summed E-state index contributed by atoms with van der Waals surface area (Å²) in [7, 11) is 0. The number of benzene rings is 1. The fourth-order valence-electron chi connectivity index (χ4n) is 3.94. The van der Waals surface area contributed by atoms with Gasteiger partial charge >= 0.3 is 6.03 Å². The van der Waals surface area contributed by atoms with Gasteiger partial charge < -0.3 is 20.2 Å². The number of piperidine rings is 1. The summed E-state index contributed by atoms with van der Waals surface area (Å²) in [4.78, 5) is 18.8. The molecule has 27 heavy (non-hydrogen) atoms. The number of aliphatic hydroxyl groups excluding tert-OH is 1. The van der Waals surface area contributed by atoms with Gasteiger partial charge in [-0.25, -0.2) is 9.18 Å². The maximum absolute atomic E-state index is 13.3. The summed E-state index contributed by atoms with van der Waals surface area (Å²) in [5.41, 5.74) is 0.968. The van der Waals surface area contributed by atoms with Crippen molar-refractivity contribution in [1.29, 1.82) is 0 Å². The maximum Gasteiger partial charge on any atom is 0.317 e. The monoisotopic (exact) mass is 378 g/mol. The lowest BCUT2D eigenvalue weighted by Gasteiger charge is -2.35. The van der Waals surface area contributed by atoms with Crippen molar-refractivity contribution >= 4 is 6.03 Å². The van der Waals surface area contributed by atoms with Crippen LogP contribution in [0.2, 0.25) is 0 Å². The molecule has 0 radical (unpaired) electrons. The van der Waals surface area contributed by atoms with E-state index < -0.39 is 0 Å². The molecule has 1 unspecified atom stereocenters. The first kappa shape index (κ1) is 20.0. The number of halogens is 1. The van der Waals surface area contributed by atoms with Crippen molar-refractivity contribution in [1.82, 2.24) is 20.0 Å². The molecule has 2 amide bonds. The van der Waals surface area contributed by atoms with Gasteiger partial charge in [0.1, 0.15) is 5.82 Å². The van der Waals surface area contributed by atoms with Crippen molar-refractivity contribution in [3.05, 3.63) is 35.6 Å². The summed E-state index contributed by atoms with van der Waals surface area (Å²) in [5.74, 6) is 0.171. The molecule has 0 bridgehead atoms. The second kappa shape index (κ2) is 10.0. The lowest BCUT2D eigenvalue weighted by Crippen LogP contribution is -2.52. The third-order valence-electron chi connectivity index (χ3n) is 5.52. The van der Waals surface area contributed by atoms with Crippen LogP contribution in [0.15, 0.2) is 24.3 Å². The smallest absolute Gasteiger partial charge is 0.317 e. The Hall–Kier alpha value is -1.70. The van der Waals surface area contributed by atoms with Gasteiger partial charge in [-0.3, -0.25) is 4.90 Å².